The van der Waals surface area contributed by atoms with Crippen LogP contribution in [0.15, 0.2) is 23.2 Å². The Bertz CT molecular complexity index is 418. The molecule has 0 spiro atoms. The fourth-order valence-electron chi connectivity index (χ4n) is 1.63. The number of primary amides is 1. The molecule has 0 saturated heterocycles. The van der Waals surface area contributed by atoms with E-state index < -0.39 is 6.03 Å². The molecule has 1 rings (SSSR count). The Morgan fingerprint density at radius 2 is 1.76 bits per heavy atom. The molecular formula is C12H18N4O. The molecular weight excluding hydrogens is 216 g/mol. The number of benzene rings is 1. The van der Waals surface area contributed by atoms with E-state index in [1.54, 1.807) is 0 Å². The Labute approximate surface area is 101 Å². The van der Waals surface area contributed by atoms with Gasteiger partial charge in [0.15, 0.2) is 0 Å². The first-order chi connectivity index (χ1) is 8.08. The minimum Gasteiger partial charge on any atom is -0.369 e. The number of para-hydroxylation sites is 1. The van der Waals surface area contributed by atoms with Crippen molar-refractivity contribution in [2.75, 3.05) is 0 Å². The van der Waals surface area contributed by atoms with Gasteiger partial charge in [0.05, 0.1) is 5.69 Å². The molecule has 5 nitrogen and oxygen atoms in total. The fourth-order valence-corrected chi connectivity index (χ4v) is 1.63. The minimum absolute atomic E-state index is 0.0214. The van der Waals surface area contributed by atoms with E-state index >= 15 is 0 Å². The van der Waals surface area contributed by atoms with E-state index in [4.69, 9.17) is 11.5 Å². The summed E-state index contributed by atoms with van der Waals surface area (Å²) < 4.78 is 0. The van der Waals surface area contributed by atoms with E-state index in [0.29, 0.717) is 0 Å². The number of nitrogens with zero attached hydrogens (tertiary/aromatic N) is 1. The molecule has 0 aliphatic heterocycles. The minimum atomic E-state index is -0.710. The molecule has 0 fully saturated rings. The average molecular weight is 234 g/mol. The molecule has 1 aromatic carbocycles. The van der Waals surface area contributed by atoms with Crippen LogP contribution < -0.4 is 16.8 Å². The van der Waals surface area contributed by atoms with Crippen LogP contribution in [-0.2, 0) is 12.8 Å². The number of aliphatic imine (C=N–C) groups is 1. The lowest BCUT2D eigenvalue weighted by Gasteiger charge is -2.09. The Hall–Kier alpha value is -2.04. The van der Waals surface area contributed by atoms with Gasteiger partial charge < -0.3 is 11.5 Å². The fraction of sp³-hybridized carbons (Fsp3) is 0.333. The van der Waals surface area contributed by atoms with E-state index in [-0.39, 0.29) is 5.96 Å². The SMILES string of the molecule is CCc1cccc(CC)c1N=C(N)NC(N)=O. The van der Waals surface area contributed by atoms with Gasteiger partial charge in [-0.25, -0.2) is 9.79 Å². The molecule has 0 radical (unpaired) electrons. The van der Waals surface area contributed by atoms with E-state index in [9.17, 15) is 4.79 Å². The highest BCUT2D eigenvalue weighted by Gasteiger charge is 2.06. The molecule has 0 bridgehead atoms. The van der Waals surface area contributed by atoms with Crippen molar-refractivity contribution in [1.82, 2.24) is 5.32 Å². The van der Waals surface area contributed by atoms with Crippen LogP contribution in [-0.4, -0.2) is 12.0 Å². The summed E-state index contributed by atoms with van der Waals surface area (Å²) in [4.78, 5) is 14.9. The van der Waals surface area contributed by atoms with Gasteiger partial charge in [0.1, 0.15) is 0 Å². The number of hydrogen-bond donors (Lipinski definition) is 3. The van der Waals surface area contributed by atoms with Crippen LogP contribution in [0.4, 0.5) is 10.5 Å². The lowest BCUT2D eigenvalue weighted by Crippen LogP contribution is -2.40. The van der Waals surface area contributed by atoms with Gasteiger partial charge >= 0.3 is 6.03 Å². The summed E-state index contributed by atoms with van der Waals surface area (Å²) in [6.07, 6.45) is 1.72. The summed E-state index contributed by atoms with van der Waals surface area (Å²) in [5, 5.41) is 2.26. The third kappa shape index (κ3) is 3.48. The summed E-state index contributed by atoms with van der Waals surface area (Å²) in [5.41, 5.74) is 13.6. The van der Waals surface area contributed by atoms with Crippen molar-refractivity contribution in [2.24, 2.45) is 16.5 Å². The van der Waals surface area contributed by atoms with Crippen molar-refractivity contribution in [1.29, 1.82) is 0 Å². The van der Waals surface area contributed by atoms with Crippen molar-refractivity contribution in [3.63, 3.8) is 0 Å². The highest BCUT2D eigenvalue weighted by molar-refractivity contribution is 5.96. The van der Waals surface area contributed by atoms with Crippen LogP contribution in [0.5, 0.6) is 0 Å². The topological polar surface area (TPSA) is 93.5 Å². The maximum Gasteiger partial charge on any atom is 0.318 e. The number of carbonyl (C=O) groups is 1. The number of carbonyl (C=O) groups excluding carboxylic acids is 1. The van der Waals surface area contributed by atoms with Crippen molar-refractivity contribution < 1.29 is 4.79 Å². The first-order valence-corrected chi connectivity index (χ1v) is 5.59. The van der Waals surface area contributed by atoms with Gasteiger partial charge in [-0.05, 0) is 24.0 Å². The second kappa shape index (κ2) is 5.89. The molecule has 0 saturated carbocycles. The number of nitrogens with two attached hydrogens (primary N) is 2. The summed E-state index contributed by atoms with van der Waals surface area (Å²) in [5.74, 6) is 0.0214. The number of rotatable bonds is 3. The molecule has 0 aromatic heterocycles. The van der Waals surface area contributed by atoms with Crippen molar-refractivity contribution in [3.8, 4) is 0 Å². The van der Waals surface area contributed by atoms with Gasteiger partial charge in [0.25, 0.3) is 0 Å². The summed E-state index contributed by atoms with van der Waals surface area (Å²) in [6, 6.07) is 5.28. The van der Waals surface area contributed by atoms with Crippen LogP contribution in [0.25, 0.3) is 0 Å². The summed E-state index contributed by atoms with van der Waals surface area (Å²) in [7, 11) is 0. The second-order valence-corrected chi connectivity index (χ2v) is 3.62. The molecule has 92 valence electrons. The maximum absolute atomic E-state index is 10.7. The van der Waals surface area contributed by atoms with Gasteiger partial charge in [-0.2, -0.15) is 0 Å². The third-order valence-corrected chi connectivity index (χ3v) is 2.45. The first kappa shape index (κ1) is 13.0. The monoisotopic (exact) mass is 234 g/mol. The predicted molar refractivity (Wildman–Crippen MR) is 69.2 cm³/mol. The van der Waals surface area contributed by atoms with Crippen LogP contribution in [0, 0.1) is 0 Å². The quantitative estimate of drug-likeness (QED) is 0.545. The van der Waals surface area contributed by atoms with Gasteiger partial charge in [0, 0.05) is 0 Å². The molecule has 5 heteroatoms. The Morgan fingerprint density at radius 3 is 2.18 bits per heavy atom. The molecule has 17 heavy (non-hydrogen) atoms. The van der Waals surface area contributed by atoms with Gasteiger partial charge in [0.2, 0.25) is 5.96 Å². The maximum atomic E-state index is 10.7. The van der Waals surface area contributed by atoms with Gasteiger partial charge in [-0.3, -0.25) is 5.32 Å². The zero-order valence-corrected chi connectivity index (χ0v) is 10.2. The summed E-state index contributed by atoms with van der Waals surface area (Å²) >= 11 is 0. The van der Waals surface area contributed by atoms with Crippen LogP contribution >= 0.6 is 0 Å². The number of hydrogen-bond acceptors (Lipinski definition) is 2. The van der Waals surface area contributed by atoms with Crippen molar-refractivity contribution in [2.45, 2.75) is 26.7 Å². The number of aryl methyl sites for hydroxylation is 2. The smallest absolute Gasteiger partial charge is 0.318 e. The van der Waals surface area contributed by atoms with E-state index in [1.165, 1.54) is 0 Å². The highest BCUT2D eigenvalue weighted by Crippen LogP contribution is 2.25. The number of nitrogens with one attached hydrogen (secondary N) is 1. The molecule has 2 amide bonds. The summed E-state index contributed by atoms with van der Waals surface area (Å²) in [6.45, 7) is 4.09. The van der Waals surface area contributed by atoms with Crippen molar-refractivity contribution >= 4 is 17.7 Å². The van der Waals surface area contributed by atoms with Crippen LogP contribution in [0.1, 0.15) is 25.0 Å². The molecule has 1 aromatic rings. The van der Waals surface area contributed by atoms with Crippen molar-refractivity contribution in [3.05, 3.63) is 29.3 Å². The standard InChI is InChI=1S/C12H18N4O/c1-3-8-6-5-7-9(4-2)10(8)15-11(13)16-12(14)17/h5-7H,3-4H2,1-2H3,(H5,13,14,15,16,17). The largest absolute Gasteiger partial charge is 0.369 e. The van der Waals surface area contributed by atoms with Crippen LogP contribution in [0.3, 0.4) is 0 Å². The Kier molecular flexibility index (Phi) is 4.51. The zero-order valence-electron chi connectivity index (χ0n) is 10.2. The van der Waals surface area contributed by atoms with E-state index in [1.807, 2.05) is 32.0 Å². The molecule has 0 unspecified atom stereocenters. The number of guanidine groups is 1. The lowest BCUT2D eigenvalue weighted by molar-refractivity contribution is 0.253. The van der Waals surface area contributed by atoms with E-state index in [2.05, 4.69) is 10.3 Å². The number of urea groups is 1. The highest BCUT2D eigenvalue weighted by atomic mass is 16.2. The molecule has 0 atom stereocenters. The second-order valence-electron chi connectivity index (χ2n) is 3.62. The third-order valence-electron chi connectivity index (χ3n) is 2.45. The zero-order chi connectivity index (χ0) is 12.8. The molecule has 5 N–H and O–H groups in total. The Balaban J connectivity index is 3.14. The average Bonchev–Trinajstić information content (AvgIpc) is 2.28. The molecule has 0 aliphatic rings. The number of amides is 2. The molecule has 0 heterocycles. The first-order valence-electron chi connectivity index (χ1n) is 5.59. The van der Waals surface area contributed by atoms with Gasteiger partial charge in [-0.1, -0.05) is 32.0 Å². The lowest BCUT2D eigenvalue weighted by atomic mass is 10.0. The predicted octanol–water partition coefficient (Wildman–Crippen LogP) is 1.43. The normalized spacial score (nSPS) is 11.3. The Morgan fingerprint density at radius 1 is 1.24 bits per heavy atom. The molecule has 0 aliphatic carbocycles. The van der Waals surface area contributed by atoms with E-state index in [0.717, 1.165) is 29.7 Å². The van der Waals surface area contributed by atoms with Crippen LogP contribution in [0.2, 0.25) is 0 Å². The van der Waals surface area contributed by atoms with Gasteiger partial charge in [-0.15, -0.1) is 0 Å².